The van der Waals surface area contributed by atoms with Crippen LogP contribution in [0.15, 0.2) is 17.1 Å². The van der Waals surface area contributed by atoms with Gasteiger partial charge >= 0.3 is 0 Å². The van der Waals surface area contributed by atoms with Crippen LogP contribution in [0.3, 0.4) is 0 Å². The second kappa shape index (κ2) is 6.27. The predicted octanol–water partition coefficient (Wildman–Crippen LogP) is 2.64. The lowest BCUT2D eigenvalue weighted by Crippen LogP contribution is -2.10. The highest BCUT2D eigenvalue weighted by Gasteiger charge is 2.03. The van der Waals surface area contributed by atoms with E-state index in [1.165, 1.54) is 25.3 Å². The predicted molar refractivity (Wildman–Crippen MR) is 61.4 cm³/mol. The summed E-state index contributed by atoms with van der Waals surface area (Å²) in [6.45, 7) is 4.66. The van der Waals surface area contributed by atoms with Gasteiger partial charge < -0.3 is 9.72 Å². The van der Waals surface area contributed by atoms with Crippen LogP contribution in [0.1, 0.15) is 38.3 Å². The van der Waals surface area contributed by atoms with E-state index < -0.39 is 0 Å². The number of ether oxygens (including phenoxy) is 1. The summed E-state index contributed by atoms with van der Waals surface area (Å²) in [5.41, 5.74) is 0.764. The van der Waals surface area contributed by atoms with Gasteiger partial charge in [0.15, 0.2) is 5.75 Å². The van der Waals surface area contributed by atoms with Crippen molar-refractivity contribution in [3.05, 3.63) is 28.2 Å². The topological polar surface area (TPSA) is 42.1 Å². The third-order valence-electron chi connectivity index (χ3n) is 2.34. The van der Waals surface area contributed by atoms with Crippen LogP contribution >= 0.6 is 0 Å². The Morgan fingerprint density at radius 3 is 2.80 bits per heavy atom. The normalized spacial score (nSPS) is 10.3. The van der Waals surface area contributed by atoms with Gasteiger partial charge in [-0.15, -0.1) is 0 Å². The van der Waals surface area contributed by atoms with Crippen molar-refractivity contribution >= 4 is 0 Å². The fraction of sp³-hybridized carbons (Fsp3) is 0.583. The summed E-state index contributed by atoms with van der Waals surface area (Å²) in [5, 5.41) is 0. The number of aromatic amines is 1. The van der Waals surface area contributed by atoms with Crippen molar-refractivity contribution in [3.63, 3.8) is 0 Å². The molecule has 0 amide bonds. The molecule has 0 aromatic carbocycles. The van der Waals surface area contributed by atoms with E-state index >= 15 is 0 Å². The third-order valence-corrected chi connectivity index (χ3v) is 2.34. The highest BCUT2D eigenvalue weighted by atomic mass is 16.5. The van der Waals surface area contributed by atoms with E-state index in [0.29, 0.717) is 12.4 Å². The number of unbranched alkanes of at least 4 members (excludes halogenated alkanes) is 3. The lowest BCUT2D eigenvalue weighted by atomic mass is 10.2. The van der Waals surface area contributed by atoms with Gasteiger partial charge in [-0.2, -0.15) is 0 Å². The first-order valence-electron chi connectivity index (χ1n) is 5.56. The van der Waals surface area contributed by atoms with Gasteiger partial charge in [0.1, 0.15) is 0 Å². The van der Waals surface area contributed by atoms with E-state index in [2.05, 4.69) is 11.9 Å². The average molecular weight is 209 g/mol. The first-order valence-corrected chi connectivity index (χ1v) is 5.56. The Morgan fingerprint density at radius 1 is 1.33 bits per heavy atom. The summed E-state index contributed by atoms with van der Waals surface area (Å²) in [5.74, 6) is 0.467. The number of aromatic nitrogens is 1. The maximum absolute atomic E-state index is 11.4. The Hall–Kier alpha value is -1.25. The maximum atomic E-state index is 11.4. The zero-order chi connectivity index (χ0) is 11.1. The summed E-state index contributed by atoms with van der Waals surface area (Å²) >= 11 is 0. The van der Waals surface area contributed by atoms with Gasteiger partial charge in [-0.1, -0.05) is 26.2 Å². The lowest BCUT2D eigenvalue weighted by Gasteiger charge is -2.07. The minimum absolute atomic E-state index is 0.0401. The van der Waals surface area contributed by atoms with Crippen molar-refractivity contribution in [1.29, 1.82) is 0 Å². The van der Waals surface area contributed by atoms with Crippen molar-refractivity contribution in [2.75, 3.05) is 6.61 Å². The molecule has 0 spiro atoms. The van der Waals surface area contributed by atoms with Gasteiger partial charge in [-0.3, -0.25) is 4.79 Å². The largest absolute Gasteiger partial charge is 0.488 e. The molecule has 1 N–H and O–H groups in total. The highest BCUT2D eigenvalue weighted by molar-refractivity contribution is 5.25. The van der Waals surface area contributed by atoms with Crippen molar-refractivity contribution in [3.8, 4) is 5.75 Å². The third kappa shape index (κ3) is 3.78. The maximum Gasteiger partial charge on any atom is 0.223 e. The van der Waals surface area contributed by atoms with Crippen LogP contribution in [0.5, 0.6) is 5.75 Å². The standard InChI is InChI=1S/C12H19NO2/c1-3-4-5-6-9-15-12-10(2)13-8-7-11(12)14/h7-8H,3-6,9H2,1-2H3,(H,13,14). The zero-order valence-electron chi connectivity index (χ0n) is 9.51. The molecule has 0 atom stereocenters. The number of hydrogen-bond donors (Lipinski definition) is 1. The fourth-order valence-electron chi connectivity index (χ4n) is 1.45. The molecule has 1 rings (SSSR count). The molecular weight excluding hydrogens is 190 g/mol. The van der Waals surface area contributed by atoms with E-state index in [9.17, 15) is 4.79 Å². The molecule has 0 aliphatic heterocycles. The zero-order valence-corrected chi connectivity index (χ0v) is 9.51. The number of rotatable bonds is 6. The molecule has 0 aliphatic carbocycles. The molecule has 0 aliphatic rings. The second-order valence-corrected chi connectivity index (χ2v) is 3.71. The van der Waals surface area contributed by atoms with E-state index in [0.717, 1.165) is 12.1 Å². The molecule has 1 aromatic heterocycles. The molecule has 84 valence electrons. The van der Waals surface area contributed by atoms with Crippen molar-refractivity contribution in [2.24, 2.45) is 0 Å². The van der Waals surface area contributed by atoms with Gasteiger partial charge in [-0.05, 0) is 13.3 Å². The molecule has 0 unspecified atom stereocenters. The van der Waals surface area contributed by atoms with E-state index in [1.54, 1.807) is 6.20 Å². The summed E-state index contributed by atoms with van der Waals surface area (Å²) in [6, 6.07) is 1.49. The Bertz CT molecular complexity index is 344. The van der Waals surface area contributed by atoms with E-state index in [1.807, 2.05) is 6.92 Å². The van der Waals surface area contributed by atoms with E-state index in [-0.39, 0.29) is 5.43 Å². The second-order valence-electron chi connectivity index (χ2n) is 3.71. The Labute approximate surface area is 90.5 Å². The minimum atomic E-state index is -0.0401. The Morgan fingerprint density at radius 2 is 2.13 bits per heavy atom. The average Bonchev–Trinajstić information content (AvgIpc) is 2.21. The summed E-state index contributed by atoms with van der Waals surface area (Å²) in [7, 11) is 0. The van der Waals surface area contributed by atoms with Crippen LogP contribution < -0.4 is 10.2 Å². The van der Waals surface area contributed by atoms with Crippen LogP contribution in [-0.2, 0) is 0 Å². The molecule has 3 nitrogen and oxygen atoms in total. The monoisotopic (exact) mass is 209 g/mol. The molecule has 0 saturated carbocycles. The molecule has 0 fully saturated rings. The van der Waals surface area contributed by atoms with Gasteiger partial charge in [0.2, 0.25) is 5.43 Å². The number of hydrogen-bond acceptors (Lipinski definition) is 2. The van der Waals surface area contributed by atoms with Crippen LogP contribution in [-0.4, -0.2) is 11.6 Å². The SMILES string of the molecule is CCCCCCOc1c(C)[nH]ccc1=O. The Kier molecular flexibility index (Phi) is 4.95. The minimum Gasteiger partial charge on any atom is -0.488 e. The first-order chi connectivity index (χ1) is 7.25. The summed E-state index contributed by atoms with van der Waals surface area (Å²) in [4.78, 5) is 14.4. The molecule has 0 saturated heterocycles. The number of nitrogens with one attached hydrogen (secondary N) is 1. The van der Waals surface area contributed by atoms with Gasteiger partial charge in [0.05, 0.1) is 12.3 Å². The van der Waals surface area contributed by atoms with Crippen LogP contribution in [0, 0.1) is 6.92 Å². The smallest absolute Gasteiger partial charge is 0.223 e. The van der Waals surface area contributed by atoms with Gasteiger partial charge in [0.25, 0.3) is 0 Å². The van der Waals surface area contributed by atoms with Crippen molar-refractivity contribution < 1.29 is 4.74 Å². The number of aryl methyl sites for hydroxylation is 1. The van der Waals surface area contributed by atoms with E-state index in [4.69, 9.17) is 4.74 Å². The molecular formula is C12H19NO2. The summed E-state index contributed by atoms with van der Waals surface area (Å²) < 4.78 is 5.47. The number of pyridine rings is 1. The quantitative estimate of drug-likeness (QED) is 0.732. The van der Waals surface area contributed by atoms with Crippen molar-refractivity contribution in [1.82, 2.24) is 4.98 Å². The van der Waals surface area contributed by atoms with Gasteiger partial charge in [-0.25, -0.2) is 0 Å². The molecule has 15 heavy (non-hydrogen) atoms. The molecule has 0 radical (unpaired) electrons. The fourth-order valence-corrected chi connectivity index (χ4v) is 1.45. The highest BCUT2D eigenvalue weighted by Crippen LogP contribution is 2.08. The number of H-pyrrole nitrogens is 1. The van der Waals surface area contributed by atoms with Crippen LogP contribution in [0.4, 0.5) is 0 Å². The first kappa shape index (κ1) is 11.8. The van der Waals surface area contributed by atoms with Crippen LogP contribution in [0.25, 0.3) is 0 Å². The Balaban J connectivity index is 2.40. The molecule has 1 heterocycles. The molecule has 1 aromatic rings. The molecule has 0 bridgehead atoms. The lowest BCUT2D eigenvalue weighted by molar-refractivity contribution is 0.299. The van der Waals surface area contributed by atoms with Crippen LogP contribution in [0.2, 0.25) is 0 Å². The molecule has 3 heteroatoms. The van der Waals surface area contributed by atoms with Gasteiger partial charge in [0, 0.05) is 12.3 Å². The summed E-state index contributed by atoms with van der Waals surface area (Å²) in [6.07, 6.45) is 6.27. The van der Waals surface area contributed by atoms with Crippen molar-refractivity contribution in [2.45, 2.75) is 39.5 Å².